The summed E-state index contributed by atoms with van der Waals surface area (Å²) in [5.74, 6) is 0. The van der Waals surface area contributed by atoms with E-state index in [1.807, 2.05) is 0 Å². The van der Waals surface area contributed by atoms with E-state index in [9.17, 15) is 0 Å². The zero-order valence-electron chi connectivity index (χ0n) is 30.0. The van der Waals surface area contributed by atoms with Crippen molar-refractivity contribution in [3.63, 3.8) is 0 Å². The highest BCUT2D eigenvalue weighted by atomic mass is 15.1. The predicted molar refractivity (Wildman–Crippen MR) is 221 cm³/mol. The normalized spacial score (nSPS) is 14.2. The fourth-order valence-electron chi connectivity index (χ4n) is 9.46. The van der Waals surface area contributed by atoms with E-state index in [4.69, 9.17) is 0 Å². The van der Waals surface area contributed by atoms with Crippen LogP contribution in [0.2, 0.25) is 0 Å². The Morgan fingerprint density at radius 2 is 0.868 bits per heavy atom. The van der Waals surface area contributed by atoms with Gasteiger partial charge in [0.1, 0.15) is 0 Å². The van der Waals surface area contributed by atoms with Crippen LogP contribution < -0.4 is 4.90 Å². The molecule has 0 unspecified atom stereocenters. The average Bonchev–Trinajstić information content (AvgIpc) is 3.65. The smallest absolute Gasteiger partial charge is 0.0714 e. The zero-order chi connectivity index (χ0) is 35.6. The monoisotopic (exact) mass is 677 g/mol. The third-order valence-electron chi connectivity index (χ3n) is 11.7. The van der Waals surface area contributed by atoms with Gasteiger partial charge in [0.25, 0.3) is 0 Å². The van der Waals surface area contributed by atoms with Gasteiger partial charge in [-0.1, -0.05) is 184 Å². The predicted octanol–water partition coefficient (Wildman–Crippen LogP) is 13.5. The van der Waals surface area contributed by atoms with Gasteiger partial charge in [0.2, 0.25) is 0 Å². The van der Waals surface area contributed by atoms with Crippen LogP contribution in [0.5, 0.6) is 0 Å². The van der Waals surface area contributed by atoms with Crippen LogP contribution in [0.15, 0.2) is 200 Å². The number of benzene rings is 8. The van der Waals surface area contributed by atoms with E-state index in [0.29, 0.717) is 0 Å². The Balaban J connectivity index is 1.27. The van der Waals surface area contributed by atoms with E-state index in [1.54, 1.807) is 0 Å². The number of nitrogens with zero attached hydrogens (tertiary/aromatic N) is 1. The third-order valence-corrected chi connectivity index (χ3v) is 11.7. The lowest BCUT2D eigenvalue weighted by Crippen LogP contribution is -2.28. The summed E-state index contributed by atoms with van der Waals surface area (Å²) in [5, 5.41) is 0. The Bertz CT molecular complexity index is 2600. The molecule has 1 nitrogen and oxygen atoms in total. The van der Waals surface area contributed by atoms with Gasteiger partial charge in [-0.05, 0) is 97.1 Å². The van der Waals surface area contributed by atoms with Gasteiger partial charge in [0, 0.05) is 16.8 Å². The first-order valence-corrected chi connectivity index (χ1v) is 18.6. The van der Waals surface area contributed by atoms with Gasteiger partial charge in [0.15, 0.2) is 0 Å². The number of fused-ring (bicyclic) bond motifs is 6. The van der Waals surface area contributed by atoms with Crippen molar-refractivity contribution < 1.29 is 0 Å². The minimum absolute atomic E-state index is 0.192. The highest BCUT2D eigenvalue weighted by Gasteiger charge is 2.46. The average molecular weight is 678 g/mol. The van der Waals surface area contributed by atoms with Gasteiger partial charge in [-0.2, -0.15) is 0 Å². The van der Waals surface area contributed by atoms with Crippen molar-refractivity contribution in [2.24, 2.45) is 0 Å². The lowest BCUT2D eigenvalue weighted by molar-refractivity contribution is 0.661. The SMILES string of the molecule is CC1(C)c2ccccc2-c2cccc(N(c3cccc(-c4ccccc4)c3)c3ccc4c(c3)C(c3ccccc3)(c3ccccc3)c3ccccc3-4)c21. The Morgan fingerprint density at radius 3 is 1.57 bits per heavy atom. The molecule has 8 aromatic rings. The van der Waals surface area contributed by atoms with E-state index in [-0.39, 0.29) is 5.41 Å². The summed E-state index contributed by atoms with van der Waals surface area (Å²) in [6.07, 6.45) is 0. The molecule has 0 N–H and O–H groups in total. The molecule has 0 aliphatic heterocycles. The topological polar surface area (TPSA) is 3.24 Å². The second kappa shape index (κ2) is 12.1. The first-order valence-electron chi connectivity index (χ1n) is 18.6. The highest BCUT2D eigenvalue weighted by Crippen LogP contribution is 2.58. The number of anilines is 3. The van der Waals surface area contributed by atoms with Crippen molar-refractivity contribution >= 4 is 17.1 Å². The lowest BCUT2D eigenvalue weighted by Gasteiger charge is -2.36. The van der Waals surface area contributed by atoms with E-state index in [2.05, 4.69) is 219 Å². The molecule has 0 bridgehead atoms. The van der Waals surface area contributed by atoms with E-state index < -0.39 is 5.41 Å². The Labute approximate surface area is 312 Å². The van der Waals surface area contributed by atoms with Crippen molar-refractivity contribution in [3.05, 3.63) is 234 Å². The van der Waals surface area contributed by atoms with E-state index in [0.717, 1.165) is 11.4 Å². The zero-order valence-corrected chi connectivity index (χ0v) is 30.0. The third kappa shape index (κ3) is 4.64. The molecule has 0 aromatic heterocycles. The lowest BCUT2D eigenvalue weighted by atomic mass is 9.67. The molecule has 2 aliphatic carbocycles. The molecule has 0 saturated heterocycles. The minimum Gasteiger partial charge on any atom is -0.310 e. The van der Waals surface area contributed by atoms with Crippen LogP contribution in [0.25, 0.3) is 33.4 Å². The largest absolute Gasteiger partial charge is 0.310 e. The molecular weight excluding hydrogens is 639 g/mol. The molecule has 0 saturated carbocycles. The standard InChI is InChI=1S/C52H39N/c1-51(2)46-29-14-12-27-43(46)45-28-17-31-49(50(45)51)53(40-25-16-20-37(34-40)36-18-6-3-7-19-36)41-32-33-44-42-26-13-15-30-47(42)52(48(44)35-41,38-21-8-4-9-22-38)39-23-10-5-11-24-39/h3-35H,1-2H3. The quantitative estimate of drug-likeness (QED) is 0.169. The molecule has 0 atom stereocenters. The molecule has 252 valence electrons. The van der Waals surface area contributed by atoms with Crippen LogP contribution in [0.4, 0.5) is 17.1 Å². The first kappa shape index (κ1) is 31.3. The van der Waals surface area contributed by atoms with Crippen LogP contribution in [-0.2, 0) is 10.8 Å². The molecule has 0 amide bonds. The molecule has 0 radical (unpaired) electrons. The molecular formula is C52H39N. The van der Waals surface area contributed by atoms with Crippen molar-refractivity contribution in [2.75, 3.05) is 4.90 Å². The molecule has 0 heterocycles. The van der Waals surface area contributed by atoms with Crippen LogP contribution in [0, 0.1) is 0 Å². The highest BCUT2D eigenvalue weighted by molar-refractivity contribution is 5.93. The van der Waals surface area contributed by atoms with Gasteiger partial charge in [0.05, 0.1) is 11.1 Å². The van der Waals surface area contributed by atoms with Crippen molar-refractivity contribution in [2.45, 2.75) is 24.7 Å². The molecule has 53 heavy (non-hydrogen) atoms. The Hall–Kier alpha value is -6.44. The van der Waals surface area contributed by atoms with Crippen LogP contribution in [0.3, 0.4) is 0 Å². The minimum atomic E-state index is -0.490. The first-order chi connectivity index (χ1) is 26.1. The van der Waals surface area contributed by atoms with Crippen LogP contribution >= 0.6 is 0 Å². The maximum atomic E-state index is 2.52. The van der Waals surface area contributed by atoms with Gasteiger partial charge >= 0.3 is 0 Å². The second-order valence-corrected chi connectivity index (χ2v) is 14.9. The van der Waals surface area contributed by atoms with Crippen molar-refractivity contribution in [3.8, 4) is 33.4 Å². The van der Waals surface area contributed by atoms with E-state index >= 15 is 0 Å². The summed E-state index contributed by atoms with van der Waals surface area (Å²) in [6, 6.07) is 73.9. The number of hydrogen-bond acceptors (Lipinski definition) is 1. The molecule has 10 rings (SSSR count). The number of hydrogen-bond donors (Lipinski definition) is 0. The maximum Gasteiger partial charge on any atom is 0.0714 e. The van der Waals surface area contributed by atoms with E-state index in [1.165, 1.54) is 72.4 Å². The van der Waals surface area contributed by atoms with Gasteiger partial charge < -0.3 is 4.90 Å². The second-order valence-electron chi connectivity index (χ2n) is 14.9. The molecule has 8 aromatic carbocycles. The number of rotatable bonds is 6. The Morgan fingerprint density at radius 1 is 0.358 bits per heavy atom. The summed E-state index contributed by atoms with van der Waals surface area (Å²) in [4.78, 5) is 2.52. The van der Waals surface area contributed by atoms with Crippen LogP contribution in [0.1, 0.15) is 47.2 Å². The molecule has 1 heteroatoms. The summed E-state index contributed by atoms with van der Waals surface area (Å²) < 4.78 is 0. The maximum absolute atomic E-state index is 2.52. The fraction of sp³-hybridized carbons (Fsp3) is 0.0769. The summed E-state index contributed by atoms with van der Waals surface area (Å²) in [5.41, 5.74) is 18.3. The molecule has 2 aliphatic rings. The van der Waals surface area contributed by atoms with Crippen molar-refractivity contribution in [1.29, 1.82) is 0 Å². The van der Waals surface area contributed by atoms with Gasteiger partial charge in [-0.3, -0.25) is 0 Å². The van der Waals surface area contributed by atoms with Gasteiger partial charge in [-0.25, -0.2) is 0 Å². The molecule has 0 fully saturated rings. The summed E-state index contributed by atoms with van der Waals surface area (Å²) >= 11 is 0. The fourth-order valence-corrected chi connectivity index (χ4v) is 9.46. The van der Waals surface area contributed by atoms with Crippen molar-refractivity contribution in [1.82, 2.24) is 0 Å². The van der Waals surface area contributed by atoms with Crippen LogP contribution in [-0.4, -0.2) is 0 Å². The van der Waals surface area contributed by atoms with Gasteiger partial charge in [-0.15, -0.1) is 0 Å². The summed E-state index contributed by atoms with van der Waals surface area (Å²) in [6.45, 7) is 4.77. The Kier molecular flexibility index (Phi) is 7.13. The summed E-state index contributed by atoms with van der Waals surface area (Å²) in [7, 11) is 0. The molecule has 0 spiro atoms.